The fourth-order valence-electron chi connectivity index (χ4n) is 1.68. The highest BCUT2D eigenvalue weighted by atomic mass is 79.9. The number of halogens is 1. The average Bonchev–Trinajstić information content (AvgIpc) is 2.40. The van der Waals surface area contributed by atoms with Crippen molar-refractivity contribution in [3.63, 3.8) is 0 Å². The number of aromatic nitrogens is 1. The molecule has 0 unspecified atom stereocenters. The highest BCUT2D eigenvalue weighted by Crippen LogP contribution is 2.17. The van der Waals surface area contributed by atoms with Crippen LogP contribution < -0.4 is 5.32 Å². The van der Waals surface area contributed by atoms with Gasteiger partial charge in [0, 0.05) is 5.69 Å². The molecule has 0 bridgehead atoms. The molecule has 0 saturated carbocycles. The van der Waals surface area contributed by atoms with Crippen LogP contribution in [0.3, 0.4) is 0 Å². The Morgan fingerprint density at radius 3 is 2.60 bits per heavy atom. The number of amides is 1. The third kappa shape index (κ3) is 3.64. The lowest BCUT2D eigenvalue weighted by atomic mass is 10.1. The number of nitrogens with one attached hydrogen (secondary N) is 1. The summed E-state index contributed by atoms with van der Waals surface area (Å²) in [6.45, 7) is 0. The zero-order valence-electron chi connectivity index (χ0n) is 10.3. The number of rotatable bonds is 4. The topological polar surface area (TPSA) is 79.3 Å². The van der Waals surface area contributed by atoms with E-state index in [1.807, 2.05) is 0 Å². The smallest absolute Gasteiger partial charge is 0.307 e. The number of anilines is 1. The summed E-state index contributed by atoms with van der Waals surface area (Å²) in [5.41, 5.74) is 1.27. The number of nitrogens with zero attached hydrogens (tertiary/aromatic N) is 1. The average molecular weight is 335 g/mol. The molecular weight excluding hydrogens is 324 g/mol. The van der Waals surface area contributed by atoms with Gasteiger partial charge in [-0.15, -0.1) is 0 Å². The van der Waals surface area contributed by atoms with Gasteiger partial charge in [-0.05, 0) is 39.7 Å². The molecule has 0 spiro atoms. The summed E-state index contributed by atoms with van der Waals surface area (Å²) >= 11 is 3.19. The van der Waals surface area contributed by atoms with Crippen molar-refractivity contribution in [3.8, 4) is 0 Å². The number of para-hydroxylation sites is 1. The maximum atomic E-state index is 12.1. The minimum absolute atomic E-state index is 0.150. The molecule has 0 radical (unpaired) electrons. The third-order valence-electron chi connectivity index (χ3n) is 2.55. The third-order valence-corrected chi connectivity index (χ3v) is 3.00. The van der Waals surface area contributed by atoms with Crippen molar-refractivity contribution in [2.45, 2.75) is 6.42 Å². The largest absolute Gasteiger partial charge is 0.481 e. The van der Waals surface area contributed by atoms with E-state index in [4.69, 9.17) is 5.11 Å². The number of aliphatic carboxylic acids is 1. The SMILES string of the molecule is O=C(O)Cc1ccccc1NC(=O)c1cccc(Br)n1. The number of carboxylic acids is 1. The van der Waals surface area contributed by atoms with Gasteiger partial charge in [0.15, 0.2) is 0 Å². The molecule has 0 aliphatic heterocycles. The summed E-state index contributed by atoms with van der Waals surface area (Å²) in [7, 11) is 0. The second-order valence-electron chi connectivity index (χ2n) is 4.03. The summed E-state index contributed by atoms with van der Waals surface area (Å²) < 4.78 is 0.559. The number of carbonyl (C=O) groups excluding carboxylic acids is 1. The standard InChI is InChI=1S/C14H11BrN2O3/c15-12-7-3-6-11(16-12)14(20)17-10-5-2-1-4-9(10)8-13(18)19/h1-7H,8H2,(H,17,20)(H,18,19). The van der Waals surface area contributed by atoms with Gasteiger partial charge in [-0.3, -0.25) is 9.59 Å². The van der Waals surface area contributed by atoms with Gasteiger partial charge in [0.2, 0.25) is 0 Å². The van der Waals surface area contributed by atoms with E-state index in [0.717, 1.165) is 0 Å². The fourth-order valence-corrected chi connectivity index (χ4v) is 2.02. The predicted molar refractivity (Wildman–Crippen MR) is 77.7 cm³/mol. The lowest BCUT2D eigenvalue weighted by Crippen LogP contribution is -2.15. The number of pyridine rings is 1. The first kappa shape index (κ1) is 14.2. The molecule has 20 heavy (non-hydrogen) atoms. The molecule has 0 atom stereocenters. The van der Waals surface area contributed by atoms with E-state index >= 15 is 0 Å². The van der Waals surface area contributed by atoms with Crippen LogP contribution in [0.5, 0.6) is 0 Å². The normalized spacial score (nSPS) is 10.1. The van der Waals surface area contributed by atoms with Crippen LogP contribution in [0.25, 0.3) is 0 Å². The van der Waals surface area contributed by atoms with Gasteiger partial charge >= 0.3 is 5.97 Å². The van der Waals surface area contributed by atoms with Crippen LogP contribution in [0.2, 0.25) is 0 Å². The van der Waals surface area contributed by atoms with E-state index in [1.54, 1.807) is 42.5 Å². The first-order valence-corrected chi connectivity index (χ1v) is 6.59. The number of carbonyl (C=O) groups is 2. The van der Waals surface area contributed by atoms with Crippen molar-refractivity contribution in [2.75, 3.05) is 5.32 Å². The van der Waals surface area contributed by atoms with Gasteiger partial charge < -0.3 is 10.4 Å². The van der Waals surface area contributed by atoms with Gasteiger partial charge in [0.1, 0.15) is 10.3 Å². The van der Waals surface area contributed by atoms with Crippen molar-refractivity contribution in [2.24, 2.45) is 0 Å². The molecule has 0 aliphatic rings. The minimum Gasteiger partial charge on any atom is -0.481 e. The molecule has 2 rings (SSSR count). The number of carboxylic acid groups (broad SMARTS) is 1. The van der Waals surface area contributed by atoms with E-state index in [1.165, 1.54) is 0 Å². The van der Waals surface area contributed by atoms with Crippen LogP contribution in [0.15, 0.2) is 47.1 Å². The van der Waals surface area contributed by atoms with Gasteiger partial charge in [-0.2, -0.15) is 0 Å². The lowest BCUT2D eigenvalue weighted by Gasteiger charge is -2.09. The minimum atomic E-state index is -0.952. The Hall–Kier alpha value is -2.21. The van der Waals surface area contributed by atoms with Gasteiger partial charge in [0.05, 0.1) is 6.42 Å². The molecule has 102 valence electrons. The monoisotopic (exact) mass is 334 g/mol. The Balaban J connectivity index is 2.21. The van der Waals surface area contributed by atoms with Crippen molar-refractivity contribution in [1.29, 1.82) is 0 Å². The van der Waals surface area contributed by atoms with Crippen LogP contribution >= 0.6 is 15.9 Å². The summed E-state index contributed by atoms with van der Waals surface area (Å²) in [5.74, 6) is -1.34. The Kier molecular flexibility index (Phi) is 4.47. The first-order valence-electron chi connectivity index (χ1n) is 5.80. The highest BCUT2D eigenvalue weighted by molar-refractivity contribution is 9.10. The van der Waals surface area contributed by atoms with Gasteiger partial charge in [-0.25, -0.2) is 4.98 Å². The highest BCUT2D eigenvalue weighted by Gasteiger charge is 2.12. The van der Waals surface area contributed by atoms with E-state index in [2.05, 4.69) is 26.2 Å². The second kappa shape index (κ2) is 6.29. The fraction of sp³-hybridized carbons (Fsp3) is 0.0714. The van der Waals surface area contributed by atoms with Crippen LogP contribution in [0.1, 0.15) is 16.1 Å². The lowest BCUT2D eigenvalue weighted by molar-refractivity contribution is -0.136. The number of hydrogen-bond acceptors (Lipinski definition) is 3. The second-order valence-corrected chi connectivity index (χ2v) is 4.84. The Labute approximate surface area is 123 Å². The Morgan fingerprint density at radius 2 is 1.90 bits per heavy atom. The zero-order chi connectivity index (χ0) is 14.5. The van der Waals surface area contributed by atoms with E-state index in [0.29, 0.717) is 15.9 Å². The van der Waals surface area contributed by atoms with Gasteiger partial charge in [0.25, 0.3) is 5.91 Å². The van der Waals surface area contributed by atoms with Crippen LogP contribution in [-0.4, -0.2) is 22.0 Å². The van der Waals surface area contributed by atoms with E-state index in [9.17, 15) is 9.59 Å². The zero-order valence-corrected chi connectivity index (χ0v) is 11.9. The Morgan fingerprint density at radius 1 is 1.15 bits per heavy atom. The van der Waals surface area contributed by atoms with Crippen molar-refractivity contribution >= 4 is 33.5 Å². The molecule has 1 amide bonds. The number of hydrogen-bond donors (Lipinski definition) is 2. The molecule has 2 aromatic rings. The molecule has 5 nitrogen and oxygen atoms in total. The summed E-state index contributed by atoms with van der Waals surface area (Å²) in [6.07, 6.45) is -0.150. The molecule has 1 heterocycles. The summed E-state index contributed by atoms with van der Waals surface area (Å²) in [5, 5.41) is 11.5. The maximum Gasteiger partial charge on any atom is 0.307 e. The number of benzene rings is 1. The molecular formula is C14H11BrN2O3. The van der Waals surface area contributed by atoms with Crippen LogP contribution in [-0.2, 0) is 11.2 Å². The summed E-state index contributed by atoms with van der Waals surface area (Å²) in [6, 6.07) is 11.8. The van der Waals surface area contributed by atoms with Gasteiger partial charge in [-0.1, -0.05) is 24.3 Å². The maximum absolute atomic E-state index is 12.1. The molecule has 0 aliphatic carbocycles. The quantitative estimate of drug-likeness (QED) is 0.842. The molecule has 2 N–H and O–H groups in total. The van der Waals surface area contributed by atoms with Crippen molar-refractivity contribution in [3.05, 3.63) is 58.3 Å². The van der Waals surface area contributed by atoms with E-state index in [-0.39, 0.29) is 18.0 Å². The first-order chi connectivity index (χ1) is 9.56. The molecule has 0 saturated heterocycles. The van der Waals surface area contributed by atoms with E-state index < -0.39 is 5.97 Å². The van der Waals surface area contributed by atoms with Crippen LogP contribution in [0.4, 0.5) is 5.69 Å². The Bertz CT molecular complexity index is 658. The predicted octanol–water partition coefficient (Wildman–Crippen LogP) is 2.72. The summed E-state index contributed by atoms with van der Waals surface area (Å²) in [4.78, 5) is 26.9. The van der Waals surface area contributed by atoms with Crippen molar-refractivity contribution < 1.29 is 14.7 Å². The van der Waals surface area contributed by atoms with Crippen LogP contribution in [0, 0.1) is 0 Å². The molecule has 1 aromatic carbocycles. The molecule has 1 aromatic heterocycles. The molecule has 0 fully saturated rings. The molecule has 6 heteroatoms. The van der Waals surface area contributed by atoms with Crippen molar-refractivity contribution in [1.82, 2.24) is 4.98 Å².